The average molecular weight is 978 g/mol. The van der Waals surface area contributed by atoms with E-state index in [9.17, 15) is 53.4 Å². The van der Waals surface area contributed by atoms with E-state index >= 15 is 0 Å². The molecule has 3 rings (SSSR count). The molecule has 0 saturated carbocycles. The van der Waals surface area contributed by atoms with Crippen molar-refractivity contribution in [1.29, 1.82) is 0 Å². The van der Waals surface area contributed by atoms with E-state index in [0.29, 0.717) is 36.3 Å². The summed E-state index contributed by atoms with van der Waals surface area (Å²) in [6.45, 7) is 8.31. The molecule has 0 aliphatic carbocycles. The highest BCUT2D eigenvalue weighted by Gasteiger charge is 2.42. The maximum atomic E-state index is 14.1. The van der Waals surface area contributed by atoms with Crippen molar-refractivity contribution in [1.82, 2.24) is 41.7 Å². The van der Waals surface area contributed by atoms with Crippen LogP contribution in [0.15, 0.2) is 30.3 Å². The number of aliphatic carboxylic acids is 1. The molecule has 10 atom stereocenters. The van der Waals surface area contributed by atoms with Crippen molar-refractivity contribution >= 4 is 76.8 Å². The minimum absolute atomic E-state index is 0.00251. The summed E-state index contributed by atoms with van der Waals surface area (Å²) in [5.41, 5.74) is 6.68. The van der Waals surface area contributed by atoms with E-state index in [0.717, 1.165) is 0 Å². The van der Waals surface area contributed by atoms with Crippen molar-refractivity contribution in [2.45, 2.75) is 146 Å². The lowest BCUT2D eigenvalue weighted by molar-refractivity contribution is -0.146. The van der Waals surface area contributed by atoms with Gasteiger partial charge < -0.3 is 57.6 Å². The second kappa shape index (κ2) is 27.8. The van der Waals surface area contributed by atoms with Crippen molar-refractivity contribution in [3.8, 4) is 0 Å². The minimum Gasteiger partial charge on any atom is -0.480 e. The summed E-state index contributed by atoms with van der Waals surface area (Å²) >= 11 is 2.89. The fourth-order valence-corrected chi connectivity index (χ4v) is 8.85. The maximum absolute atomic E-state index is 14.1. The van der Waals surface area contributed by atoms with Gasteiger partial charge >= 0.3 is 5.97 Å². The van der Waals surface area contributed by atoms with E-state index in [1.54, 1.807) is 36.6 Å². The fourth-order valence-electron chi connectivity index (χ4n) is 7.91. The van der Waals surface area contributed by atoms with Crippen molar-refractivity contribution in [3.63, 3.8) is 0 Å². The highest BCUT2D eigenvalue weighted by atomic mass is 32.2. The van der Waals surface area contributed by atoms with E-state index < -0.39 is 114 Å². The molecular formula is C45H71N9O11S2. The summed E-state index contributed by atoms with van der Waals surface area (Å²) in [5.74, 6) is -5.31. The van der Waals surface area contributed by atoms with Gasteiger partial charge in [0.05, 0.1) is 12.1 Å². The van der Waals surface area contributed by atoms with Gasteiger partial charge in [-0.1, -0.05) is 44.2 Å². The Morgan fingerprint density at radius 3 is 1.66 bits per heavy atom. The van der Waals surface area contributed by atoms with Crippen LogP contribution in [0.1, 0.15) is 85.1 Å². The number of carboxylic acids is 1. The standard InChI is InChI=1S/C45H71N9O11S2/c1-25(2)23-30(46)39(58)47-26(3)37(56)49-31(17-21-66-6)43(62)53-19-11-15-34(53)42(61)51-33(24-29-13-9-8-10-14-29)40(59)48-27(4)38(57)52-36(28(5)55)44(63)54-20-12-16-35(54)41(60)50-32(45(64)65)18-22-67-7/h8-10,13-14,25-28,30-36,55H,11-12,15-24,46H2,1-7H3,(H,47,58)(H,48,59)(H,49,56)(H,50,60)(H,51,61)(H,52,57)(H,64,65)/t26-,27-,28+,30-,31-,32-,33-,34-,35-,36-/m0/s1. The van der Waals surface area contributed by atoms with E-state index in [-0.39, 0.29) is 51.1 Å². The van der Waals surface area contributed by atoms with Crippen LogP contribution in [0.3, 0.4) is 0 Å². The number of aliphatic hydroxyl groups is 1. The Kier molecular flexibility index (Phi) is 23.4. The molecule has 20 nitrogen and oxygen atoms in total. The molecule has 1 aromatic rings. The number of rotatable bonds is 26. The summed E-state index contributed by atoms with van der Waals surface area (Å²) in [6.07, 6.45) is 4.45. The second-order valence-electron chi connectivity index (χ2n) is 17.6. The Hall–Kier alpha value is -4.93. The Labute approximate surface area is 401 Å². The third kappa shape index (κ3) is 17.3. The number of carbonyl (C=O) groups excluding carboxylic acids is 8. The largest absolute Gasteiger partial charge is 0.480 e. The van der Waals surface area contributed by atoms with Crippen LogP contribution in [0.25, 0.3) is 0 Å². The third-order valence-electron chi connectivity index (χ3n) is 11.7. The molecule has 2 aliphatic heterocycles. The lowest BCUT2D eigenvalue weighted by atomic mass is 10.0. The smallest absolute Gasteiger partial charge is 0.326 e. The van der Waals surface area contributed by atoms with Gasteiger partial charge in [-0.05, 0) is 101 Å². The van der Waals surface area contributed by atoms with Gasteiger partial charge in [0.15, 0.2) is 0 Å². The summed E-state index contributed by atoms with van der Waals surface area (Å²) in [6, 6.07) is -1.31. The molecule has 67 heavy (non-hydrogen) atoms. The summed E-state index contributed by atoms with van der Waals surface area (Å²) in [4.78, 5) is 123. The average Bonchev–Trinajstić information content (AvgIpc) is 3.99. The van der Waals surface area contributed by atoms with Gasteiger partial charge in [0, 0.05) is 19.5 Å². The molecule has 2 saturated heterocycles. The van der Waals surface area contributed by atoms with Gasteiger partial charge in [-0.15, -0.1) is 0 Å². The highest BCUT2D eigenvalue weighted by Crippen LogP contribution is 2.22. The molecule has 0 radical (unpaired) electrons. The molecular weight excluding hydrogens is 907 g/mol. The highest BCUT2D eigenvalue weighted by molar-refractivity contribution is 7.98. The normalized spacial score (nSPS) is 19.4. The zero-order valence-electron chi connectivity index (χ0n) is 39.6. The SMILES string of the molecule is CSCC[C@H](NC(=O)[C@@H]1CCCN1C(=O)[C@@H](NC(=O)[C@H](C)NC(=O)[C@H](Cc1ccccc1)NC(=O)[C@@H]1CCCN1C(=O)[C@H](CCSC)NC(=O)[C@H](C)NC(=O)[C@@H](N)CC(C)C)[C@@H](C)O)C(=O)O. The van der Waals surface area contributed by atoms with Crippen molar-refractivity contribution in [2.75, 3.05) is 37.1 Å². The second-order valence-corrected chi connectivity index (χ2v) is 19.5. The van der Waals surface area contributed by atoms with E-state index in [1.807, 2.05) is 20.1 Å². The van der Waals surface area contributed by atoms with Crippen LogP contribution in [-0.2, 0) is 49.6 Å². The van der Waals surface area contributed by atoms with Crippen LogP contribution in [0.2, 0.25) is 0 Å². The van der Waals surface area contributed by atoms with Gasteiger partial charge in [0.2, 0.25) is 47.3 Å². The molecule has 0 aromatic heterocycles. The van der Waals surface area contributed by atoms with Crippen molar-refractivity contribution < 1.29 is 53.4 Å². The number of benzene rings is 1. The molecule has 2 aliphatic rings. The molecule has 2 fully saturated rings. The summed E-state index contributed by atoms with van der Waals surface area (Å²) < 4.78 is 0. The number of carboxylic acid groups (broad SMARTS) is 1. The predicted molar refractivity (Wildman–Crippen MR) is 255 cm³/mol. The quantitative estimate of drug-likeness (QED) is 0.0566. The number of nitrogens with two attached hydrogens (primary N) is 1. The number of nitrogens with zero attached hydrogens (tertiary/aromatic N) is 2. The first-order valence-corrected chi connectivity index (χ1v) is 25.6. The van der Waals surface area contributed by atoms with Gasteiger partial charge in [0.25, 0.3) is 0 Å². The van der Waals surface area contributed by atoms with Crippen LogP contribution in [0, 0.1) is 5.92 Å². The zero-order chi connectivity index (χ0) is 50.0. The van der Waals surface area contributed by atoms with E-state index in [1.165, 1.54) is 54.1 Å². The Morgan fingerprint density at radius 1 is 0.657 bits per heavy atom. The van der Waals surface area contributed by atoms with E-state index in [2.05, 4.69) is 31.9 Å². The summed E-state index contributed by atoms with van der Waals surface area (Å²) in [7, 11) is 0. The molecule has 1 aromatic carbocycles. The van der Waals surface area contributed by atoms with E-state index in [4.69, 9.17) is 5.73 Å². The predicted octanol–water partition coefficient (Wildman–Crippen LogP) is -0.495. The molecule has 0 spiro atoms. The van der Waals surface area contributed by atoms with Crippen molar-refractivity contribution in [3.05, 3.63) is 35.9 Å². The number of hydrogen-bond acceptors (Lipinski definition) is 13. The number of likely N-dealkylation sites (tertiary alicyclic amines) is 2. The first kappa shape index (κ1) is 56.4. The number of nitrogens with one attached hydrogen (secondary N) is 6. The number of aliphatic hydroxyl groups excluding tert-OH is 1. The summed E-state index contributed by atoms with van der Waals surface area (Å²) in [5, 5.41) is 36.0. The molecule has 0 unspecified atom stereocenters. The van der Waals surface area contributed by atoms with Gasteiger partial charge in [-0.25, -0.2) is 4.79 Å². The lowest BCUT2D eigenvalue weighted by Crippen LogP contribution is -2.61. The Bertz CT molecular complexity index is 1880. The first-order valence-electron chi connectivity index (χ1n) is 22.8. The first-order chi connectivity index (χ1) is 31.7. The molecule has 374 valence electrons. The maximum Gasteiger partial charge on any atom is 0.326 e. The third-order valence-corrected chi connectivity index (χ3v) is 12.9. The molecule has 2 heterocycles. The van der Waals surface area contributed by atoms with Gasteiger partial charge in [0.1, 0.15) is 48.3 Å². The van der Waals surface area contributed by atoms with Crippen LogP contribution in [0.4, 0.5) is 0 Å². The number of hydrogen-bond donors (Lipinski definition) is 9. The van der Waals surface area contributed by atoms with Crippen molar-refractivity contribution in [2.24, 2.45) is 11.7 Å². The number of thioether (sulfide) groups is 2. The Balaban J connectivity index is 1.74. The zero-order valence-corrected chi connectivity index (χ0v) is 41.2. The van der Waals surface area contributed by atoms with Crippen LogP contribution in [-0.4, -0.2) is 171 Å². The topological polar surface area (TPSA) is 299 Å². The number of amides is 8. The fraction of sp³-hybridized carbons (Fsp3) is 0.667. The molecule has 10 N–H and O–H groups in total. The van der Waals surface area contributed by atoms with Gasteiger partial charge in [-0.3, -0.25) is 38.4 Å². The van der Waals surface area contributed by atoms with Crippen LogP contribution >= 0.6 is 23.5 Å². The molecule has 22 heteroatoms. The van der Waals surface area contributed by atoms with Crippen LogP contribution < -0.4 is 37.6 Å². The Morgan fingerprint density at radius 2 is 1.15 bits per heavy atom. The molecule has 8 amide bonds. The minimum atomic E-state index is -1.53. The molecule has 0 bridgehead atoms. The van der Waals surface area contributed by atoms with Crippen LogP contribution in [0.5, 0.6) is 0 Å². The monoisotopic (exact) mass is 977 g/mol. The number of carbonyl (C=O) groups is 9. The lowest BCUT2D eigenvalue weighted by Gasteiger charge is -2.31. The van der Waals surface area contributed by atoms with Gasteiger partial charge in [-0.2, -0.15) is 23.5 Å².